The normalized spacial score (nSPS) is 16.1. The van der Waals surface area contributed by atoms with E-state index < -0.39 is 21.3 Å². The van der Waals surface area contributed by atoms with Gasteiger partial charge >= 0.3 is 21.3 Å². The lowest BCUT2D eigenvalue weighted by atomic mass is 9.99. The van der Waals surface area contributed by atoms with Crippen molar-refractivity contribution in [3.8, 4) is 17.1 Å². The number of rotatable bonds is 6. The molecule has 1 saturated heterocycles. The summed E-state index contributed by atoms with van der Waals surface area (Å²) < 4.78 is 72.3. The molecule has 0 aliphatic carbocycles. The van der Waals surface area contributed by atoms with Gasteiger partial charge in [-0.05, 0) is 38.0 Å². The molecule has 9 nitrogen and oxygen atoms in total. The minimum atomic E-state index is -5.31. The van der Waals surface area contributed by atoms with E-state index in [1.165, 1.54) is 11.3 Å². The minimum absolute atomic E-state index is 0.129. The Hall–Kier alpha value is -2.42. The number of hydrogen-bond acceptors (Lipinski definition) is 8. The largest absolute Gasteiger partial charge is 0.511 e. The van der Waals surface area contributed by atoms with Crippen LogP contribution < -0.4 is 10.5 Å². The first-order valence-corrected chi connectivity index (χ1v) is 12.6. The van der Waals surface area contributed by atoms with Crippen molar-refractivity contribution in [3.05, 3.63) is 49.4 Å². The predicted octanol–water partition coefficient (Wildman–Crippen LogP) is 4.06. The van der Waals surface area contributed by atoms with Crippen LogP contribution in [0.4, 0.5) is 13.2 Å². The van der Waals surface area contributed by atoms with E-state index >= 15 is 0 Å². The van der Waals surface area contributed by atoms with Crippen molar-refractivity contribution >= 4 is 33.0 Å². The van der Waals surface area contributed by atoms with Gasteiger partial charge in [0.1, 0.15) is 12.4 Å². The van der Waals surface area contributed by atoms with E-state index in [0.717, 1.165) is 15.6 Å². The lowest BCUT2D eigenvalue weighted by molar-refractivity contribution is -0.0494. The molecule has 1 fully saturated rings. The average Bonchev–Trinajstić information content (AvgIpc) is 3.37. The summed E-state index contributed by atoms with van der Waals surface area (Å²) >= 11 is 7.64. The van der Waals surface area contributed by atoms with Gasteiger partial charge in [0.2, 0.25) is 0 Å². The van der Waals surface area contributed by atoms with Crippen molar-refractivity contribution in [1.29, 1.82) is 0 Å². The quantitative estimate of drug-likeness (QED) is 0.503. The first-order chi connectivity index (χ1) is 16.0. The summed E-state index contributed by atoms with van der Waals surface area (Å²) in [4.78, 5) is 18.9. The summed E-state index contributed by atoms with van der Waals surface area (Å²) in [7, 11) is -5.31. The van der Waals surface area contributed by atoms with Crippen molar-refractivity contribution in [2.45, 2.75) is 37.8 Å². The first-order valence-electron chi connectivity index (χ1n) is 9.97. The summed E-state index contributed by atoms with van der Waals surface area (Å²) in [6.07, 6.45) is 0.507. The van der Waals surface area contributed by atoms with Crippen LogP contribution in [-0.4, -0.2) is 46.4 Å². The number of aromatic amines is 1. The number of thiazole rings is 1. The summed E-state index contributed by atoms with van der Waals surface area (Å²) in [5, 5.41) is 4.63. The van der Waals surface area contributed by atoms with E-state index in [4.69, 9.17) is 16.3 Å². The molecular weight excluding hydrogens is 521 g/mol. The second-order valence-electron chi connectivity index (χ2n) is 7.56. The number of alkyl halides is 3. The number of halogens is 4. The predicted molar refractivity (Wildman–Crippen MR) is 117 cm³/mol. The van der Waals surface area contributed by atoms with E-state index in [2.05, 4.69) is 19.6 Å². The third-order valence-corrected chi connectivity index (χ3v) is 8.59. The van der Waals surface area contributed by atoms with Crippen LogP contribution in [0.25, 0.3) is 11.4 Å². The van der Waals surface area contributed by atoms with E-state index in [1.807, 2.05) is 0 Å². The van der Waals surface area contributed by atoms with Gasteiger partial charge in [0.25, 0.3) is 0 Å². The third-order valence-electron chi connectivity index (χ3n) is 5.35. The van der Waals surface area contributed by atoms with Crippen molar-refractivity contribution in [1.82, 2.24) is 19.4 Å². The van der Waals surface area contributed by atoms with Crippen molar-refractivity contribution in [2.24, 2.45) is 0 Å². The van der Waals surface area contributed by atoms with Crippen LogP contribution in [0.15, 0.2) is 27.5 Å². The molecule has 0 radical (unpaired) electrons. The van der Waals surface area contributed by atoms with Gasteiger partial charge in [-0.15, -0.1) is 11.3 Å². The van der Waals surface area contributed by atoms with Gasteiger partial charge < -0.3 is 4.74 Å². The molecule has 34 heavy (non-hydrogen) atoms. The molecule has 3 heterocycles. The highest BCUT2D eigenvalue weighted by Crippen LogP contribution is 2.36. The highest BCUT2D eigenvalue weighted by molar-refractivity contribution is 7.90. The third kappa shape index (κ3) is 4.99. The number of sulfonamides is 1. The molecule has 0 spiro atoms. The molecular formula is C19H18ClF3N4O5S2. The number of hydrogen-bond donors (Lipinski definition) is 1. The second-order valence-corrected chi connectivity index (χ2v) is 11.0. The van der Waals surface area contributed by atoms with E-state index in [0.29, 0.717) is 20.6 Å². The Morgan fingerprint density at radius 2 is 2.03 bits per heavy atom. The van der Waals surface area contributed by atoms with E-state index in [9.17, 15) is 26.4 Å². The number of ether oxygens (including phenoxy) is 1. The average molecular weight is 539 g/mol. The zero-order valence-corrected chi connectivity index (χ0v) is 19.9. The van der Waals surface area contributed by atoms with Gasteiger partial charge in [0.05, 0.1) is 20.6 Å². The van der Waals surface area contributed by atoms with Crippen LogP contribution in [0, 0.1) is 6.92 Å². The highest BCUT2D eigenvalue weighted by atomic mass is 35.5. The smallest absolute Gasteiger partial charge is 0.488 e. The molecule has 1 N–H and O–H groups in total. The van der Waals surface area contributed by atoms with Crippen LogP contribution in [0.5, 0.6) is 5.75 Å². The topological polar surface area (TPSA) is 118 Å². The lowest BCUT2D eigenvalue weighted by Crippen LogP contribution is -2.44. The monoisotopic (exact) mass is 538 g/mol. The van der Waals surface area contributed by atoms with Crippen LogP contribution in [0.2, 0.25) is 5.02 Å². The SMILES string of the molecule is Cc1nc(C2CCN(S(=O)(=O)C(F)(F)F)CC2)sc1COc1ccc(-c2noc(=O)[nH]2)c(Cl)c1. The molecule has 0 unspecified atom stereocenters. The maximum atomic E-state index is 12.8. The van der Waals surface area contributed by atoms with Gasteiger partial charge in [0, 0.05) is 24.6 Å². The summed E-state index contributed by atoms with van der Waals surface area (Å²) in [6.45, 7) is 1.58. The lowest BCUT2D eigenvalue weighted by Gasteiger charge is -2.30. The molecule has 184 valence electrons. The fraction of sp³-hybridized carbons (Fsp3) is 0.421. The Morgan fingerprint density at radius 1 is 1.32 bits per heavy atom. The van der Waals surface area contributed by atoms with E-state index in [1.54, 1.807) is 25.1 Å². The number of benzene rings is 1. The molecule has 1 aromatic carbocycles. The van der Waals surface area contributed by atoms with Gasteiger partial charge in [0.15, 0.2) is 5.82 Å². The zero-order valence-electron chi connectivity index (χ0n) is 17.6. The Bertz CT molecular complexity index is 1340. The molecule has 4 rings (SSSR count). The van der Waals surface area contributed by atoms with Gasteiger partial charge in [-0.3, -0.25) is 9.51 Å². The number of piperidine rings is 1. The Kier molecular flexibility index (Phi) is 6.77. The molecule has 0 saturated carbocycles. The molecule has 0 atom stereocenters. The number of H-pyrrole nitrogens is 1. The summed E-state index contributed by atoms with van der Waals surface area (Å²) in [6, 6.07) is 4.85. The van der Waals surface area contributed by atoms with Crippen LogP contribution in [-0.2, 0) is 16.6 Å². The molecule has 2 aromatic heterocycles. The highest BCUT2D eigenvalue weighted by Gasteiger charge is 2.50. The van der Waals surface area contributed by atoms with Gasteiger partial charge in [-0.25, -0.2) is 18.2 Å². The van der Waals surface area contributed by atoms with E-state index in [-0.39, 0.29) is 44.3 Å². The minimum Gasteiger partial charge on any atom is -0.488 e. The van der Waals surface area contributed by atoms with Crippen LogP contribution in [0.1, 0.15) is 34.3 Å². The Morgan fingerprint density at radius 3 is 2.62 bits per heavy atom. The van der Waals surface area contributed by atoms with Crippen molar-refractivity contribution in [2.75, 3.05) is 13.1 Å². The van der Waals surface area contributed by atoms with Crippen molar-refractivity contribution < 1.29 is 30.8 Å². The number of nitrogens with one attached hydrogen (secondary N) is 1. The Balaban J connectivity index is 1.39. The molecule has 3 aromatic rings. The zero-order chi connectivity index (χ0) is 24.7. The fourth-order valence-electron chi connectivity index (χ4n) is 3.52. The maximum Gasteiger partial charge on any atom is 0.511 e. The molecule has 15 heteroatoms. The number of nitrogens with zero attached hydrogens (tertiary/aromatic N) is 3. The standard InChI is InChI=1S/C19H18ClF3N4O5S2/c1-10-15(9-31-12-2-3-13(14(20)8-12)16-25-18(28)32-26-16)33-17(24-10)11-4-6-27(7-5-11)34(29,30)19(21,22)23/h2-3,8,11H,4-7,9H2,1H3,(H,25,26,28). The van der Waals surface area contributed by atoms with Crippen molar-refractivity contribution in [3.63, 3.8) is 0 Å². The molecule has 1 aliphatic rings. The number of aromatic nitrogens is 3. The van der Waals surface area contributed by atoms with Gasteiger partial charge in [-0.2, -0.15) is 17.5 Å². The maximum absolute atomic E-state index is 12.8. The summed E-state index contributed by atoms with van der Waals surface area (Å²) in [5.74, 6) is -0.163. The van der Waals surface area contributed by atoms with Crippen LogP contribution >= 0.6 is 22.9 Å². The second kappa shape index (κ2) is 9.32. The van der Waals surface area contributed by atoms with Crippen LogP contribution in [0.3, 0.4) is 0 Å². The fourth-order valence-corrected chi connectivity index (χ4v) is 5.91. The summed E-state index contributed by atoms with van der Waals surface area (Å²) in [5.41, 5.74) is -4.10. The number of aryl methyl sites for hydroxylation is 1. The molecule has 1 aliphatic heterocycles. The van der Waals surface area contributed by atoms with Gasteiger partial charge in [-0.1, -0.05) is 16.8 Å². The molecule has 0 amide bonds. The first kappa shape index (κ1) is 24.7. The molecule has 0 bridgehead atoms. The Labute approximate surface area is 200 Å².